The third-order valence-corrected chi connectivity index (χ3v) is 2.68. The summed E-state index contributed by atoms with van der Waals surface area (Å²) in [6, 6.07) is 0. The summed E-state index contributed by atoms with van der Waals surface area (Å²) in [5.41, 5.74) is 0. The van der Waals surface area contributed by atoms with Crippen molar-refractivity contribution in [2.75, 3.05) is 20.2 Å². The van der Waals surface area contributed by atoms with Crippen LogP contribution in [0, 0.1) is 11.8 Å². The molecule has 2 aliphatic rings. The fourth-order valence-corrected chi connectivity index (χ4v) is 2.08. The van der Waals surface area contributed by atoms with E-state index in [-0.39, 0.29) is 0 Å². The molecule has 1 N–H and O–H groups in total. The Labute approximate surface area is 61.9 Å². The van der Waals surface area contributed by atoms with Gasteiger partial charge in [0.05, 0.1) is 6.10 Å². The van der Waals surface area contributed by atoms with E-state index in [2.05, 4.69) is 5.32 Å². The van der Waals surface area contributed by atoms with Crippen molar-refractivity contribution in [2.24, 2.45) is 11.8 Å². The van der Waals surface area contributed by atoms with Crippen LogP contribution in [0.5, 0.6) is 0 Å². The van der Waals surface area contributed by atoms with Crippen LogP contribution in [0.15, 0.2) is 0 Å². The van der Waals surface area contributed by atoms with Crippen molar-refractivity contribution in [3.05, 3.63) is 0 Å². The molecule has 1 saturated carbocycles. The molecule has 2 rings (SSSR count). The Hall–Kier alpha value is -0.0800. The fourth-order valence-electron chi connectivity index (χ4n) is 2.08. The van der Waals surface area contributed by atoms with Crippen molar-refractivity contribution < 1.29 is 4.74 Å². The zero-order valence-corrected chi connectivity index (χ0v) is 6.47. The predicted octanol–water partition coefficient (Wildman–Crippen LogP) is 0.631. The van der Waals surface area contributed by atoms with E-state index in [0.717, 1.165) is 25.0 Å². The Morgan fingerprint density at radius 2 is 2.50 bits per heavy atom. The van der Waals surface area contributed by atoms with E-state index < -0.39 is 0 Å². The monoisotopic (exact) mass is 141 g/mol. The molecule has 0 aromatic rings. The quantitative estimate of drug-likeness (QED) is 0.609. The molecule has 2 nitrogen and oxygen atoms in total. The average molecular weight is 141 g/mol. The molecule has 3 unspecified atom stereocenters. The Balaban J connectivity index is 1.82. The first kappa shape index (κ1) is 6.62. The average Bonchev–Trinajstić information content (AvgIpc) is 2.66. The lowest BCUT2D eigenvalue weighted by Crippen LogP contribution is -2.12. The van der Waals surface area contributed by atoms with Crippen molar-refractivity contribution in [3.63, 3.8) is 0 Å². The normalized spacial score (nSPS) is 44.7. The van der Waals surface area contributed by atoms with Crippen LogP contribution < -0.4 is 5.32 Å². The highest BCUT2D eigenvalue weighted by Crippen LogP contribution is 2.47. The highest BCUT2D eigenvalue weighted by molar-refractivity contribution is 5.01. The molecule has 0 bridgehead atoms. The Morgan fingerprint density at radius 1 is 1.60 bits per heavy atom. The van der Waals surface area contributed by atoms with Crippen molar-refractivity contribution in [3.8, 4) is 0 Å². The first-order valence-corrected chi connectivity index (χ1v) is 4.19. The number of ether oxygens (including phenoxy) is 1. The number of fused-ring (bicyclic) bond motifs is 1. The number of hydrogen-bond donors (Lipinski definition) is 1. The summed E-state index contributed by atoms with van der Waals surface area (Å²) < 4.78 is 5.58. The molecule has 1 heterocycles. The molecule has 0 radical (unpaired) electrons. The summed E-state index contributed by atoms with van der Waals surface area (Å²) >= 11 is 0. The third-order valence-electron chi connectivity index (χ3n) is 2.68. The van der Waals surface area contributed by atoms with Gasteiger partial charge in [-0.1, -0.05) is 0 Å². The summed E-state index contributed by atoms with van der Waals surface area (Å²) in [6.45, 7) is 2.15. The first-order chi connectivity index (χ1) is 4.93. The van der Waals surface area contributed by atoms with Crippen LogP contribution in [-0.4, -0.2) is 26.3 Å². The minimum atomic E-state index is 0.626. The molecule has 0 aromatic heterocycles. The molecular formula is C8H15NO. The first-order valence-electron chi connectivity index (χ1n) is 4.19. The maximum Gasteiger partial charge on any atom is 0.0651 e. The second kappa shape index (κ2) is 2.51. The summed E-state index contributed by atoms with van der Waals surface area (Å²) in [5, 5.41) is 3.21. The van der Waals surface area contributed by atoms with Gasteiger partial charge in [-0.2, -0.15) is 0 Å². The van der Waals surface area contributed by atoms with Gasteiger partial charge in [-0.25, -0.2) is 0 Å². The van der Waals surface area contributed by atoms with E-state index in [1.165, 1.54) is 12.8 Å². The third kappa shape index (κ3) is 0.956. The molecule has 58 valence electrons. The van der Waals surface area contributed by atoms with Crippen molar-refractivity contribution in [1.29, 1.82) is 0 Å². The Kier molecular flexibility index (Phi) is 1.66. The fraction of sp³-hybridized carbons (Fsp3) is 1.00. The molecule has 0 aromatic carbocycles. The van der Waals surface area contributed by atoms with Gasteiger partial charge in [0.1, 0.15) is 0 Å². The Morgan fingerprint density at radius 3 is 3.10 bits per heavy atom. The van der Waals surface area contributed by atoms with Crippen LogP contribution in [0.3, 0.4) is 0 Å². The van der Waals surface area contributed by atoms with E-state index >= 15 is 0 Å². The summed E-state index contributed by atoms with van der Waals surface area (Å²) in [7, 11) is 2.02. The second-order valence-corrected chi connectivity index (χ2v) is 3.36. The molecule has 2 heteroatoms. The van der Waals surface area contributed by atoms with Gasteiger partial charge in [-0.3, -0.25) is 0 Å². The molecule has 3 atom stereocenters. The zero-order valence-electron chi connectivity index (χ0n) is 6.47. The summed E-state index contributed by atoms with van der Waals surface area (Å²) in [6.07, 6.45) is 3.31. The minimum absolute atomic E-state index is 0.626. The topological polar surface area (TPSA) is 21.3 Å². The van der Waals surface area contributed by atoms with Crippen LogP contribution in [0.2, 0.25) is 0 Å². The lowest BCUT2D eigenvalue weighted by atomic mass is 10.2. The summed E-state index contributed by atoms with van der Waals surface area (Å²) in [5.74, 6) is 1.74. The zero-order chi connectivity index (χ0) is 6.97. The van der Waals surface area contributed by atoms with E-state index in [1.807, 2.05) is 7.05 Å². The molecule has 1 saturated heterocycles. The largest absolute Gasteiger partial charge is 0.378 e. The SMILES string of the molecule is CNCC1C2CCCOC21. The van der Waals surface area contributed by atoms with Crippen LogP contribution >= 0.6 is 0 Å². The lowest BCUT2D eigenvalue weighted by molar-refractivity contribution is 0.0754. The highest BCUT2D eigenvalue weighted by Gasteiger charge is 2.51. The maximum atomic E-state index is 5.58. The van der Waals surface area contributed by atoms with Crippen molar-refractivity contribution >= 4 is 0 Å². The van der Waals surface area contributed by atoms with Crippen LogP contribution in [0.1, 0.15) is 12.8 Å². The standard InChI is InChI=1S/C8H15NO/c1-9-5-7-6-3-2-4-10-8(6)7/h6-9H,2-5H2,1H3. The predicted molar refractivity (Wildman–Crippen MR) is 39.9 cm³/mol. The van der Waals surface area contributed by atoms with Gasteiger partial charge < -0.3 is 10.1 Å². The van der Waals surface area contributed by atoms with Gasteiger partial charge in [0.25, 0.3) is 0 Å². The minimum Gasteiger partial charge on any atom is -0.378 e. The second-order valence-electron chi connectivity index (χ2n) is 3.36. The van der Waals surface area contributed by atoms with Crippen LogP contribution in [0.25, 0.3) is 0 Å². The lowest BCUT2D eigenvalue weighted by Gasteiger charge is -2.07. The van der Waals surface area contributed by atoms with E-state index in [9.17, 15) is 0 Å². The van der Waals surface area contributed by atoms with Crippen LogP contribution in [-0.2, 0) is 4.74 Å². The molecule has 0 amide bonds. The summed E-state index contributed by atoms with van der Waals surface area (Å²) in [4.78, 5) is 0. The number of hydrogen-bond acceptors (Lipinski definition) is 2. The van der Waals surface area contributed by atoms with E-state index in [4.69, 9.17) is 4.74 Å². The number of rotatable bonds is 2. The van der Waals surface area contributed by atoms with Gasteiger partial charge in [0.15, 0.2) is 0 Å². The van der Waals surface area contributed by atoms with Gasteiger partial charge in [0.2, 0.25) is 0 Å². The molecular weight excluding hydrogens is 126 g/mol. The van der Waals surface area contributed by atoms with Crippen molar-refractivity contribution in [2.45, 2.75) is 18.9 Å². The highest BCUT2D eigenvalue weighted by atomic mass is 16.5. The number of nitrogens with one attached hydrogen (secondary N) is 1. The van der Waals surface area contributed by atoms with Gasteiger partial charge in [0, 0.05) is 19.1 Å². The van der Waals surface area contributed by atoms with E-state index in [0.29, 0.717) is 6.10 Å². The maximum absolute atomic E-state index is 5.58. The van der Waals surface area contributed by atoms with Gasteiger partial charge in [-0.05, 0) is 25.8 Å². The molecule has 1 aliphatic carbocycles. The molecule has 1 aliphatic heterocycles. The van der Waals surface area contributed by atoms with Crippen LogP contribution in [0.4, 0.5) is 0 Å². The molecule has 2 fully saturated rings. The smallest absolute Gasteiger partial charge is 0.0651 e. The molecule has 0 spiro atoms. The van der Waals surface area contributed by atoms with Crippen molar-refractivity contribution in [1.82, 2.24) is 5.32 Å². The molecule has 10 heavy (non-hydrogen) atoms. The Bertz CT molecular complexity index is 114. The van der Waals surface area contributed by atoms with Gasteiger partial charge in [-0.15, -0.1) is 0 Å². The van der Waals surface area contributed by atoms with E-state index in [1.54, 1.807) is 0 Å². The van der Waals surface area contributed by atoms with Gasteiger partial charge >= 0.3 is 0 Å².